The molecule has 1 aromatic carbocycles. The molecule has 0 aliphatic heterocycles. The van der Waals surface area contributed by atoms with Crippen LogP contribution in [-0.4, -0.2) is 29.3 Å². The van der Waals surface area contributed by atoms with Gasteiger partial charge in [-0.3, -0.25) is 10.1 Å². The summed E-state index contributed by atoms with van der Waals surface area (Å²) in [4.78, 5) is 10.6. The molecule has 0 aromatic heterocycles. The smallest absolute Gasteiger partial charge is 0.292 e. The van der Waals surface area contributed by atoms with E-state index >= 15 is 0 Å². The van der Waals surface area contributed by atoms with Gasteiger partial charge in [0.1, 0.15) is 11.4 Å². The highest BCUT2D eigenvalue weighted by atomic mass is 16.6. The number of anilines is 1. The zero-order chi connectivity index (χ0) is 13.8. The van der Waals surface area contributed by atoms with Crippen molar-refractivity contribution in [1.82, 2.24) is 0 Å². The van der Waals surface area contributed by atoms with Crippen molar-refractivity contribution < 1.29 is 14.8 Å². The van der Waals surface area contributed by atoms with Gasteiger partial charge in [0, 0.05) is 12.1 Å². The van der Waals surface area contributed by atoms with Crippen LogP contribution in [0.1, 0.15) is 25.7 Å². The summed E-state index contributed by atoms with van der Waals surface area (Å²) in [5, 5.41) is 24.0. The molecule has 0 bridgehead atoms. The number of nitrogens with zero attached hydrogens (tertiary/aromatic N) is 1. The van der Waals surface area contributed by atoms with Gasteiger partial charge in [-0.15, -0.1) is 0 Å². The van der Waals surface area contributed by atoms with Crippen molar-refractivity contribution in [2.24, 2.45) is 0 Å². The fourth-order valence-corrected chi connectivity index (χ4v) is 2.40. The topological polar surface area (TPSA) is 84.6 Å². The van der Waals surface area contributed by atoms with Gasteiger partial charge in [-0.25, -0.2) is 0 Å². The second kappa shape index (κ2) is 5.88. The molecule has 2 atom stereocenters. The molecule has 2 unspecified atom stereocenters. The third-order valence-electron chi connectivity index (χ3n) is 3.47. The van der Waals surface area contributed by atoms with Gasteiger partial charge < -0.3 is 15.2 Å². The van der Waals surface area contributed by atoms with Crippen LogP contribution in [0.2, 0.25) is 0 Å². The van der Waals surface area contributed by atoms with Gasteiger partial charge in [0.2, 0.25) is 0 Å². The highest BCUT2D eigenvalue weighted by Gasteiger charge is 2.25. The zero-order valence-electron chi connectivity index (χ0n) is 10.8. The maximum atomic E-state index is 11.0. The molecule has 1 saturated carbocycles. The zero-order valence-corrected chi connectivity index (χ0v) is 10.8. The van der Waals surface area contributed by atoms with Gasteiger partial charge in [0.05, 0.1) is 24.2 Å². The fourth-order valence-electron chi connectivity index (χ4n) is 2.40. The Morgan fingerprint density at radius 3 is 2.79 bits per heavy atom. The van der Waals surface area contributed by atoms with E-state index in [0.29, 0.717) is 11.4 Å². The Balaban J connectivity index is 2.23. The van der Waals surface area contributed by atoms with Crippen LogP contribution in [0.25, 0.3) is 0 Å². The van der Waals surface area contributed by atoms with Crippen molar-refractivity contribution in [3.63, 3.8) is 0 Å². The highest BCUT2D eigenvalue weighted by Crippen LogP contribution is 2.31. The standard InChI is InChI=1S/C13H18N2O4/c1-19-9-6-7-12(15(17)18)11(8-9)14-10-4-2-3-5-13(10)16/h6-8,10,13-14,16H,2-5H2,1H3. The number of aliphatic hydroxyl groups is 1. The first-order chi connectivity index (χ1) is 9.11. The molecule has 0 spiro atoms. The first kappa shape index (κ1) is 13.6. The first-order valence-corrected chi connectivity index (χ1v) is 6.39. The second-order valence-electron chi connectivity index (χ2n) is 4.74. The summed E-state index contributed by atoms with van der Waals surface area (Å²) in [5.74, 6) is 0.554. The molecule has 0 saturated heterocycles. The van der Waals surface area contributed by atoms with E-state index in [4.69, 9.17) is 4.74 Å². The number of hydrogen-bond donors (Lipinski definition) is 2. The molecule has 1 aliphatic carbocycles. The van der Waals surface area contributed by atoms with E-state index in [1.807, 2.05) is 0 Å². The summed E-state index contributed by atoms with van der Waals surface area (Å²) in [5.41, 5.74) is 0.397. The number of hydrogen-bond acceptors (Lipinski definition) is 5. The van der Waals surface area contributed by atoms with Gasteiger partial charge in [-0.2, -0.15) is 0 Å². The van der Waals surface area contributed by atoms with E-state index in [2.05, 4.69) is 5.32 Å². The number of benzene rings is 1. The van der Waals surface area contributed by atoms with Crippen LogP contribution in [0.5, 0.6) is 5.75 Å². The summed E-state index contributed by atoms with van der Waals surface area (Å²) in [6.07, 6.45) is 3.11. The van der Waals surface area contributed by atoms with Crippen LogP contribution in [0.15, 0.2) is 18.2 Å². The van der Waals surface area contributed by atoms with Crippen molar-refractivity contribution in [3.05, 3.63) is 28.3 Å². The van der Waals surface area contributed by atoms with E-state index < -0.39 is 11.0 Å². The van der Waals surface area contributed by atoms with E-state index in [9.17, 15) is 15.2 Å². The molecule has 1 aromatic rings. The number of nitrogens with one attached hydrogen (secondary N) is 1. The quantitative estimate of drug-likeness (QED) is 0.645. The summed E-state index contributed by atoms with van der Waals surface area (Å²) >= 11 is 0. The lowest BCUT2D eigenvalue weighted by Gasteiger charge is -2.29. The molecular weight excluding hydrogens is 248 g/mol. The normalized spacial score (nSPS) is 22.8. The van der Waals surface area contributed by atoms with Crippen LogP contribution in [0, 0.1) is 10.1 Å². The van der Waals surface area contributed by atoms with Gasteiger partial charge in [0.15, 0.2) is 0 Å². The Bertz CT molecular complexity index is 464. The molecule has 1 aliphatic rings. The van der Waals surface area contributed by atoms with Crippen molar-refractivity contribution in [2.75, 3.05) is 12.4 Å². The predicted octanol–water partition coefficient (Wildman–Crippen LogP) is 2.32. The maximum Gasteiger partial charge on any atom is 0.292 e. The molecule has 2 rings (SSSR count). The van der Waals surface area contributed by atoms with Gasteiger partial charge >= 0.3 is 0 Å². The molecule has 104 valence electrons. The fraction of sp³-hybridized carbons (Fsp3) is 0.538. The average molecular weight is 266 g/mol. The number of aliphatic hydroxyl groups excluding tert-OH is 1. The highest BCUT2D eigenvalue weighted by molar-refractivity contribution is 5.64. The minimum atomic E-state index is -0.459. The van der Waals surface area contributed by atoms with Crippen molar-refractivity contribution in [1.29, 1.82) is 0 Å². The Labute approximate surface area is 111 Å². The van der Waals surface area contributed by atoms with Crippen LogP contribution in [-0.2, 0) is 0 Å². The summed E-state index contributed by atoms with van der Waals surface area (Å²) in [7, 11) is 1.51. The third-order valence-corrected chi connectivity index (χ3v) is 3.47. The summed E-state index contributed by atoms with van der Waals surface area (Å²) < 4.78 is 5.08. The molecular formula is C13H18N2O4. The van der Waals surface area contributed by atoms with Gasteiger partial charge in [-0.05, 0) is 18.9 Å². The Morgan fingerprint density at radius 2 is 2.16 bits per heavy atom. The molecule has 6 nitrogen and oxygen atoms in total. The minimum absolute atomic E-state index is 0.00132. The Morgan fingerprint density at radius 1 is 1.42 bits per heavy atom. The molecule has 0 heterocycles. The van der Waals surface area contributed by atoms with Crippen molar-refractivity contribution >= 4 is 11.4 Å². The molecule has 2 N–H and O–H groups in total. The van der Waals surface area contributed by atoms with Crippen LogP contribution in [0.3, 0.4) is 0 Å². The molecule has 19 heavy (non-hydrogen) atoms. The van der Waals surface area contributed by atoms with Crippen LogP contribution < -0.4 is 10.1 Å². The largest absolute Gasteiger partial charge is 0.497 e. The first-order valence-electron chi connectivity index (χ1n) is 6.39. The van der Waals surface area contributed by atoms with E-state index in [-0.39, 0.29) is 11.7 Å². The Kier molecular flexibility index (Phi) is 4.21. The Hall–Kier alpha value is -1.82. The van der Waals surface area contributed by atoms with Gasteiger partial charge in [0.25, 0.3) is 5.69 Å². The number of methoxy groups -OCH3 is 1. The summed E-state index contributed by atoms with van der Waals surface area (Å²) in [6.45, 7) is 0. The van der Waals surface area contributed by atoms with Crippen LogP contribution >= 0.6 is 0 Å². The lowest BCUT2D eigenvalue weighted by molar-refractivity contribution is -0.384. The summed E-state index contributed by atoms with van der Waals surface area (Å²) in [6, 6.07) is 4.43. The van der Waals surface area contributed by atoms with Gasteiger partial charge in [-0.1, -0.05) is 12.8 Å². The molecule has 6 heteroatoms. The van der Waals surface area contributed by atoms with Crippen molar-refractivity contribution in [3.8, 4) is 5.75 Å². The number of nitro groups is 1. The number of ether oxygens (including phenoxy) is 1. The SMILES string of the molecule is COc1ccc([N+](=O)[O-])c(NC2CCCCC2O)c1. The number of nitro benzene ring substituents is 1. The molecule has 0 radical (unpaired) electrons. The monoisotopic (exact) mass is 266 g/mol. The average Bonchev–Trinajstić information content (AvgIpc) is 2.41. The lowest BCUT2D eigenvalue weighted by atomic mass is 9.92. The van der Waals surface area contributed by atoms with Crippen LogP contribution in [0.4, 0.5) is 11.4 Å². The second-order valence-corrected chi connectivity index (χ2v) is 4.74. The number of rotatable bonds is 4. The van der Waals surface area contributed by atoms with E-state index in [1.165, 1.54) is 13.2 Å². The predicted molar refractivity (Wildman–Crippen MR) is 71.5 cm³/mol. The lowest BCUT2D eigenvalue weighted by Crippen LogP contribution is -2.36. The molecule has 0 amide bonds. The van der Waals surface area contributed by atoms with Crippen molar-refractivity contribution in [2.45, 2.75) is 37.8 Å². The maximum absolute atomic E-state index is 11.0. The van der Waals surface area contributed by atoms with E-state index in [0.717, 1.165) is 25.7 Å². The molecule has 1 fully saturated rings. The third kappa shape index (κ3) is 3.14. The minimum Gasteiger partial charge on any atom is -0.497 e. The van der Waals surface area contributed by atoms with E-state index in [1.54, 1.807) is 12.1 Å².